The standard InChI is InChI=1S/C16H21NO5/c18-15(12-21-8-6-13-4-2-1-3-5-13)17-7-9-22-11-14(17)10-16(19)20/h1-5,14H,6-12H2,(H,19,20). The number of aliphatic carboxylic acids is 1. The lowest BCUT2D eigenvalue weighted by atomic mass is 10.1. The van der Waals surface area contributed by atoms with Crippen LogP contribution in [-0.4, -0.2) is 60.9 Å². The van der Waals surface area contributed by atoms with Crippen LogP contribution in [0, 0.1) is 0 Å². The topological polar surface area (TPSA) is 76.1 Å². The van der Waals surface area contributed by atoms with Crippen molar-refractivity contribution >= 4 is 11.9 Å². The van der Waals surface area contributed by atoms with E-state index in [2.05, 4.69) is 0 Å². The maximum absolute atomic E-state index is 12.2. The summed E-state index contributed by atoms with van der Waals surface area (Å²) >= 11 is 0. The highest BCUT2D eigenvalue weighted by atomic mass is 16.5. The van der Waals surface area contributed by atoms with Gasteiger partial charge in [-0.05, 0) is 12.0 Å². The van der Waals surface area contributed by atoms with Crippen molar-refractivity contribution in [2.24, 2.45) is 0 Å². The first-order valence-electron chi connectivity index (χ1n) is 7.37. The number of carbonyl (C=O) groups is 2. The summed E-state index contributed by atoms with van der Waals surface area (Å²) in [6, 6.07) is 9.49. The molecule has 1 N–H and O–H groups in total. The fourth-order valence-corrected chi connectivity index (χ4v) is 2.43. The summed E-state index contributed by atoms with van der Waals surface area (Å²) in [5.41, 5.74) is 1.16. The van der Waals surface area contributed by atoms with Crippen molar-refractivity contribution in [3.05, 3.63) is 35.9 Å². The first kappa shape index (κ1) is 16.5. The molecule has 1 amide bonds. The molecule has 0 aliphatic carbocycles. The van der Waals surface area contributed by atoms with Crippen molar-refractivity contribution in [3.63, 3.8) is 0 Å². The van der Waals surface area contributed by atoms with Gasteiger partial charge in [0.25, 0.3) is 0 Å². The number of carboxylic acid groups (broad SMARTS) is 1. The lowest BCUT2D eigenvalue weighted by Crippen LogP contribution is -2.50. The average Bonchev–Trinajstić information content (AvgIpc) is 2.52. The third-order valence-corrected chi connectivity index (χ3v) is 3.56. The lowest BCUT2D eigenvalue weighted by molar-refractivity contribution is -0.149. The molecule has 22 heavy (non-hydrogen) atoms. The number of hydrogen-bond donors (Lipinski definition) is 1. The van der Waals surface area contributed by atoms with Gasteiger partial charge in [0.15, 0.2) is 0 Å². The van der Waals surface area contributed by atoms with Crippen LogP contribution in [0.2, 0.25) is 0 Å². The van der Waals surface area contributed by atoms with Gasteiger partial charge in [-0.25, -0.2) is 0 Å². The summed E-state index contributed by atoms with van der Waals surface area (Å²) in [6.45, 7) is 1.55. The number of rotatable bonds is 7. The lowest BCUT2D eigenvalue weighted by Gasteiger charge is -2.34. The van der Waals surface area contributed by atoms with Gasteiger partial charge in [0.2, 0.25) is 5.91 Å². The van der Waals surface area contributed by atoms with E-state index in [1.165, 1.54) is 0 Å². The Morgan fingerprint density at radius 2 is 2.09 bits per heavy atom. The van der Waals surface area contributed by atoms with Crippen LogP contribution in [0.5, 0.6) is 0 Å². The maximum Gasteiger partial charge on any atom is 0.305 e. The molecule has 0 spiro atoms. The summed E-state index contributed by atoms with van der Waals surface area (Å²) in [4.78, 5) is 24.5. The van der Waals surface area contributed by atoms with Gasteiger partial charge >= 0.3 is 5.97 Å². The van der Waals surface area contributed by atoms with Gasteiger partial charge in [0.05, 0.1) is 32.3 Å². The molecule has 6 heteroatoms. The number of carbonyl (C=O) groups excluding carboxylic acids is 1. The third-order valence-electron chi connectivity index (χ3n) is 3.56. The van der Waals surface area contributed by atoms with Crippen molar-refractivity contribution < 1.29 is 24.2 Å². The van der Waals surface area contributed by atoms with Crippen LogP contribution in [-0.2, 0) is 25.5 Å². The zero-order chi connectivity index (χ0) is 15.8. The monoisotopic (exact) mass is 307 g/mol. The van der Waals surface area contributed by atoms with Crippen LogP contribution in [0.15, 0.2) is 30.3 Å². The van der Waals surface area contributed by atoms with Gasteiger partial charge in [-0.1, -0.05) is 30.3 Å². The largest absolute Gasteiger partial charge is 0.481 e. The molecule has 1 aliphatic rings. The van der Waals surface area contributed by atoms with Crippen molar-refractivity contribution in [2.45, 2.75) is 18.9 Å². The maximum atomic E-state index is 12.2. The van der Waals surface area contributed by atoms with E-state index >= 15 is 0 Å². The average molecular weight is 307 g/mol. The highest BCUT2D eigenvalue weighted by Crippen LogP contribution is 2.11. The molecule has 1 saturated heterocycles. The zero-order valence-electron chi connectivity index (χ0n) is 12.4. The van der Waals surface area contributed by atoms with Crippen LogP contribution in [0.25, 0.3) is 0 Å². The predicted octanol–water partition coefficient (Wildman–Crippen LogP) is 0.948. The van der Waals surface area contributed by atoms with Crippen LogP contribution in [0.1, 0.15) is 12.0 Å². The van der Waals surface area contributed by atoms with Gasteiger partial charge < -0.3 is 19.5 Å². The Balaban J connectivity index is 1.74. The number of amides is 1. The normalized spacial score (nSPS) is 18.2. The Bertz CT molecular complexity index is 491. The molecule has 0 bridgehead atoms. The van der Waals surface area contributed by atoms with Crippen LogP contribution >= 0.6 is 0 Å². The Morgan fingerprint density at radius 1 is 1.32 bits per heavy atom. The van der Waals surface area contributed by atoms with E-state index < -0.39 is 12.0 Å². The highest BCUT2D eigenvalue weighted by Gasteiger charge is 2.28. The molecule has 1 aromatic carbocycles. The second-order valence-electron chi connectivity index (χ2n) is 5.20. The number of benzene rings is 1. The van der Waals surface area contributed by atoms with Crippen molar-refractivity contribution in [1.29, 1.82) is 0 Å². The summed E-state index contributed by atoms with van der Waals surface area (Å²) in [7, 11) is 0. The van der Waals surface area contributed by atoms with Crippen LogP contribution in [0.3, 0.4) is 0 Å². The van der Waals surface area contributed by atoms with E-state index in [0.717, 1.165) is 12.0 Å². The van der Waals surface area contributed by atoms with Gasteiger partial charge in [-0.15, -0.1) is 0 Å². The summed E-state index contributed by atoms with van der Waals surface area (Å²) in [5.74, 6) is -1.11. The van der Waals surface area contributed by atoms with Gasteiger partial charge in [0.1, 0.15) is 6.61 Å². The molecule has 1 atom stereocenters. The fraction of sp³-hybridized carbons (Fsp3) is 0.500. The second kappa shape index (κ2) is 8.51. The molecule has 1 fully saturated rings. The van der Waals surface area contributed by atoms with Crippen molar-refractivity contribution in [2.75, 3.05) is 33.0 Å². The van der Waals surface area contributed by atoms with E-state index in [-0.39, 0.29) is 25.5 Å². The number of ether oxygens (including phenoxy) is 2. The second-order valence-corrected chi connectivity index (χ2v) is 5.20. The molecule has 2 rings (SSSR count). The minimum atomic E-state index is -0.932. The zero-order valence-corrected chi connectivity index (χ0v) is 12.4. The molecule has 1 unspecified atom stereocenters. The SMILES string of the molecule is O=C(O)CC1COCCN1C(=O)COCCc1ccccc1. The summed E-state index contributed by atoms with van der Waals surface area (Å²) in [6.07, 6.45) is 0.644. The Morgan fingerprint density at radius 3 is 2.82 bits per heavy atom. The first-order valence-corrected chi connectivity index (χ1v) is 7.37. The molecule has 1 aromatic rings. The molecule has 0 aromatic heterocycles. The molecule has 0 radical (unpaired) electrons. The molecule has 1 aliphatic heterocycles. The fourth-order valence-electron chi connectivity index (χ4n) is 2.43. The molecule has 0 saturated carbocycles. The van der Waals surface area contributed by atoms with Gasteiger partial charge in [-0.3, -0.25) is 9.59 Å². The number of nitrogens with zero attached hydrogens (tertiary/aromatic N) is 1. The Hall–Kier alpha value is -1.92. The third kappa shape index (κ3) is 5.13. The Kier molecular flexibility index (Phi) is 6.36. The number of morpholine rings is 1. The van der Waals surface area contributed by atoms with Crippen molar-refractivity contribution in [3.8, 4) is 0 Å². The van der Waals surface area contributed by atoms with Crippen molar-refractivity contribution in [1.82, 2.24) is 4.90 Å². The van der Waals surface area contributed by atoms with E-state index in [0.29, 0.717) is 19.8 Å². The summed E-state index contributed by atoms with van der Waals surface area (Å²) < 4.78 is 10.7. The van der Waals surface area contributed by atoms with Crippen LogP contribution in [0.4, 0.5) is 0 Å². The minimum absolute atomic E-state index is 0.0248. The highest BCUT2D eigenvalue weighted by molar-refractivity contribution is 5.79. The first-order chi connectivity index (χ1) is 10.7. The predicted molar refractivity (Wildman–Crippen MR) is 79.5 cm³/mol. The molecule has 1 heterocycles. The van der Waals surface area contributed by atoms with E-state index in [1.54, 1.807) is 4.90 Å². The van der Waals surface area contributed by atoms with E-state index in [4.69, 9.17) is 14.6 Å². The van der Waals surface area contributed by atoms with Crippen LogP contribution < -0.4 is 0 Å². The molecular weight excluding hydrogens is 286 g/mol. The van der Waals surface area contributed by atoms with E-state index in [9.17, 15) is 9.59 Å². The quantitative estimate of drug-likeness (QED) is 0.759. The molecular formula is C16H21NO5. The van der Waals surface area contributed by atoms with Gasteiger partial charge in [0, 0.05) is 6.54 Å². The smallest absolute Gasteiger partial charge is 0.305 e. The number of hydrogen-bond acceptors (Lipinski definition) is 4. The molecule has 6 nitrogen and oxygen atoms in total. The number of carboxylic acids is 1. The Labute approximate surface area is 129 Å². The molecule has 120 valence electrons. The minimum Gasteiger partial charge on any atom is -0.481 e. The van der Waals surface area contributed by atoms with E-state index in [1.807, 2.05) is 30.3 Å². The summed E-state index contributed by atoms with van der Waals surface area (Å²) in [5, 5.41) is 8.88. The van der Waals surface area contributed by atoms with Gasteiger partial charge in [-0.2, -0.15) is 0 Å².